The molecule has 8 heteroatoms. The highest BCUT2D eigenvalue weighted by Gasteiger charge is 2.17. The first kappa shape index (κ1) is 20.2. The van der Waals surface area contributed by atoms with Crippen LogP contribution >= 0.6 is 11.3 Å². The first-order valence-corrected chi connectivity index (χ1v) is 10.9. The van der Waals surface area contributed by atoms with Crippen LogP contribution in [0.1, 0.15) is 11.1 Å². The Hall–Kier alpha value is -2.55. The first-order chi connectivity index (χ1) is 13.3. The maximum Gasteiger partial charge on any atom is 0.242 e. The summed E-state index contributed by atoms with van der Waals surface area (Å²) in [5.41, 5.74) is 3.56. The standard InChI is InChI=1S/C20H21N3O3S2/c1-14-4-6-15(7-5-14)12-19(24)22-20-21-18(13-27-20)16-8-10-17(11-9-16)28(25,26)23(2)3/h4-11,13H,12H2,1-3H3,(H,21,22,24). The minimum atomic E-state index is -3.46. The number of benzene rings is 2. The number of carbonyl (C=O) groups is 1. The van der Waals surface area contributed by atoms with E-state index in [1.165, 1.54) is 29.7 Å². The van der Waals surface area contributed by atoms with Gasteiger partial charge in [-0.15, -0.1) is 11.3 Å². The molecule has 0 saturated heterocycles. The molecular weight excluding hydrogens is 394 g/mol. The summed E-state index contributed by atoms with van der Waals surface area (Å²) in [5.74, 6) is -0.128. The molecule has 0 atom stereocenters. The maximum absolute atomic E-state index is 12.2. The molecule has 6 nitrogen and oxygen atoms in total. The van der Waals surface area contributed by atoms with Gasteiger partial charge in [-0.25, -0.2) is 17.7 Å². The summed E-state index contributed by atoms with van der Waals surface area (Å²) in [6, 6.07) is 14.4. The molecule has 0 fully saturated rings. The highest BCUT2D eigenvalue weighted by atomic mass is 32.2. The third-order valence-corrected chi connectivity index (χ3v) is 6.75. The Kier molecular flexibility index (Phi) is 5.93. The molecular formula is C20H21N3O3S2. The fraction of sp³-hybridized carbons (Fsp3) is 0.200. The van der Waals surface area contributed by atoms with Gasteiger partial charge in [0.15, 0.2) is 5.13 Å². The Morgan fingerprint density at radius 2 is 1.71 bits per heavy atom. The fourth-order valence-electron chi connectivity index (χ4n) is 2.53. The van der Waals surface area contributed by atoms with E-state index in [2.05, 4.69) is 10.3 Å². The highest BCUT2D eigenvalue weighted by molar-refractivity contribution is 7.89. The molecule has 0 bridgehead atoms. The summed E-state index contributed by atoms with van der Waals surface area (Å²) < 4.78 is 25.5. The zero-order valence-corrected chi connectivity index (χ0v) is 17.5. The van der Waals surface area contributed by atoms with Crippen molar-refractivity contribution in [3.63, 3.8) is 0 Å². The molecule has 1 amide bonds. The van der Waals surface area contributed by atoms with Crippen LogP contribution in [0, 0.1) is 6.92 Å². The average molecular weight is 416 g/mol. The largest absolute Gasteiger partial charge is 0.302 e. The molecule has 0 spiro atoms. The monoisotopic (exact) mass is 415 g/mol. The average Bonchev–Trinajstić information content (AvgIpc) is 3.12. The third-order valence-electron chi connectivity index (χ3n) is 4.16. The van der Waals surface area contributed by atoms with Crippen LogP contribution in [-0.4, -0.2) is 37.7 Å². The number of carbonyl (C=O) groups excluding carboxylic acids is 1. The number of nitrogens with zero attached hydrogens (tertiary/aromatic N) is 2. The number of hydrogen-bond donors (Lipinski definition) is 1. The van der Waals surface area contributed by atoms with Crippen molar-refractivity contribution in [1.82, 2.24) is 9.29 Å². The molecule has 3 rings (SSSR count). The van der Waals surface area contributed by atoms with E-state index in [9.17, 15) is 13.2 Å². The van der Waals surface area contributed by atoms with Crippen LogP contribution in [0.4, 0.5) is 5.13 Å². The number of sulfonamides is 1. The van der Waals surface area contributed by atoms with Crippen molar-refractivity contribution in [3.05, 3.63) is 65.0 Å². The van der Waals surface area contributed by atoms with Gasteiger partial charge >= 0.3 is 0 Å². The van der Waals surface area contributed by atoms with E-state index >= 15 is 0 Å². The summed E-state index contributed by atoms with van der Waals surface area (Å²) in [6.07, 6.45) is 0.284. The molecule has 1 aromatic heterocycles. The second-order valence-corrected chi connectivity index (χ2v) is 9.57. The van der Waals surface area contributed by atoms with Crippen LogP contribution in [0.5, 0.6) is 0 Å². The van der Waals surface area contributed by atoms with Crippen LogP contribution < -0.4 is 5.32 Å². The molecule has 0 unspecified atom stereocenters. The van der Waals surface area contributed by atoms with E-state index in [4.69, 9.17) is 0 Å². The predicted molar refractivity (Wildman–Crippen MR) is 112 cm³/mol. The van der Waals surface area contributed by atoms with Crippen LogP contribution in [0.25, 0.3) is 11.3 Å². The quantitative estimate of drug-likeness (QED) is 0.668. The summed E-state index contributed by atoms with van der Waals surface area (Å²) >= 11 is 1.33. The van der Waals surface area contributed by atoms with Crippen LogP contribution in [0.2, 0.25) is 0 Å². The number of rotatable bonds is 6. The molecule has 1 heterocycles. The number of aromatic nitrogens is 1. The van der Waals surface area contributed by atoms with Crippen molar-refractivity contribution >= 4 is 32.4 Å². The van der Waals surface area contributed by atoms with E-state index in [1.54, 1.807) is 24.3 Å². The van der Waals surface area contributed by atoms with Crippen molar-refractivity contribution in [1.29, 1.82) is 0 Å². The summed E-state index contributed by atoms with van der Waals surface area (Å²) in [5, 5.41) is 5.15. The van der Waals surface area contributed by atoms with Crippen molar-refractivity contribution in [3.8, 4) is 11.3 Å². The zero-order chi connectivity index (χ0) is 20.3. The van der Waals surface area contributed by atoms with Gasteiger partial charge in [0.05, 0.1) is 17.0 Å². The minimum absolute atomic E-state index is 0.128. The lowest BCUT2D eigenvalue weighted by Gasteiger charge is -2.11. The second kappa shape index (κ2) is 8.22. The van der Waals surface area contributed by atoms with E-state index < -0.39 is 10.0 Å². The number of hydrogen-bond acceptors (Lipinski definition) is 5. The first-order valence-electron chi connectivity index (χ1n) is 8.59. The van der Waals surface area contributed by atoms with E-state index in [0.29, 0.717) is 10.8 Å². The number of amides is 1. The second-order valence-electron chi connectivity index (χ2n) is 6.56. The van der Waals surface area contributed by atoms with Crippen molar-refractivity contribution in [2.24, 2.45) is 0 Å². The Balaban J connectivity index is 1.68. The normalized spacial score (nSPS) is 11.6. The van der Waals surface area contributed by atoms with Crippen molar-refractivity contribution < 1.29 is 13.2 Å². The minimum Gasteiger partial charge on any atom is -0.302 e. The molecule has 146 valence electrons. The Morgan fingerprint density at radius 3 is 2.32 bits per heavy atom. The van der Waals surface area contributed by atoms with Gasteiger partial charge in [0, 0.05) is 25.0 Å². The van der Waals surface area contributed by atoms with Gasteiger partial charge in [-0.3, -0.25) is 4.79 Å². The smallest absolute Gasteiger partial charge is 0.242 e. The number of aryl methyl sites for hydroxylation is 1. The fourth-order valence-corrected chi connectivity index (χ4v) is 4.16. The lowest BCUT2D eigenvalue weighted by atomic mass is 10.1. The summed E-state index contributed by atoms with van der Waals surface area (Å²) in [6.45, 7) is 2.00. The molecule has 0 aliphatic rings. The van der Waals surface area contributed by atoms with Gasteiger partial charge in [-0.2, -0.15) is 0 Å². The van der Waals surface area contributed by atoms with Gasteiger partial charge in [0.1, 0.15) is 0 Å². The molecule has 0 aliphatic carbocycles. The number of anilines is 1. The molecule has 0 aliphatic heterocycles. The van der Waals surface area contributed by atoms with E-state index in [0.717, 1.165) is 16.7 Å². The van der Waals surface area contributed by atoms with Crippen LogP contribution in [0.3, 0.4) is 0 Å². The molecule has 1 N–H and O–H groups in total. The van der Waals surface area contributed by atoms with Gasteiger partial charge in [-0.1, -0.05) is 42.0 Å². The Labute approximate surface area is 168 Å². The summed E-state index contributed by atoms with van der Waals surface area (Å²) in [4.78, 5) is 16.9. The van der Waals surface area contributed by atoms with Crippen molar-refractivity contribution in [2.75, 3.05) is 19.4 Å². The van der Waals surface area contributed by atoms with Gasteiger partial charge in [-0.05, 0) is 24.6 Å². The molecule has 3 aromatic rings. The van der Waals surface area contributed by atoms with Gasteiger partial charge in [0.25, 0.3) is 0 Å². The molecule has 2 aromatic carbocycles. The molecule has 0 saturated carbocycles. The van der Waals surface area contributed by atoms with E-state index in [-0.39, 0.29) is 17.2 Å². The SMILES string of the molecule is Cc1ccc(CC(=O)Nc2nc(-c3ccc(S(=O)(=O)N(C)C)cc3)cs2)cc1. The van der Waals surface area contributed by atoms with Crippen LogP contribution in [0.15, 0.2) is 58.8 Å². The number of thiazole rings is 1. The molecule has 28 heavy (non-hydrogen) atoms. The van der Waals surface area contributed by atoms with Crippen LogP contribution in [-0.2, 0) is 21.2 Å². The predicted octanol–water partition coefficient (Wildman–Crippen LogP) is 3.55. The lowest BCUT2D eigenvalue weighted by molar-refractivity contribution is -0.115. The number of nitrogens with one attached hydrogen (secondary N) is 1. The third kappa shape index (κ3) is 4.64. The lowest BCUT2D eigenvalue weighted by Crippen LogP contribution is -2.22. The summed E-state index contributed by atoms with van der Waals surface area (Å²) in [7, 11) is -0.470. The maximum atomic E-state index is 12.2. The zero-order valence-electron chi connectivity index (χ0n) is 15.8. The Morgan fingerprint density at radius 1 is 1.07 bits per heavy atom. The van der Waals surface area contributed by atoms with Crippen molar-refractivity contribution in [2.45, 2.75) is 18.2 Å². The van der Waals surface area contributed by atoms with E-state index in [1.807, 2.05) is 36.6 Å². The Bertz CT molecular complexity index is 1070. The highest BCUT2D eigenvalue weighted by Crippen LogP contribution is 2.26. The van der Waals surface area contributed by atoms with Gasteiger partial charge in [0.2, 0.25) is 15.9 Å². The molecule has 0 radical (unpaired) electrons. The van der Waals surface area contributed by atoms with Gasteiger partial charge < -0.3 is 5.32 Å². The topological polar surface area (TPSA) is 79.4 Å².